The molecule has 8 nitrogen and oxygen atoms in total. The van der Waals surface area contributed by atoms with Crippen LogP contribution in [0.2, 0.25) is 0 Å². The molecule has 0 atom stereocenters. The number of non-ortho nitro benzene ring substituents is 1. The van der Waals surface area contributed by atoms with Gasteiger partial charge in [0.15, 0.2) is 0 Å². The van der Waals surface area contributed by atoms with Gasteiger partial charge in [-0.25, -0.2) is 4.79 Å². The molecular weight excluding hydrogens is 346 g/mol. The van der Waals surface area contributed by atoms with Gasteiger partial charge in [-0.15, -0.1) is 0 Å². The second kappa shape index (κ2) is 7.02. The first kappa shape index (κ1) is 16.9. The molecule has 0 saturated carbocycles. The predicted octanol–water partition coefficient (Wildman–Crippen LogP) is 2.68. The molecule has 0 fully saturated rings. The lowest BCUT2D eigenvalue weighted by Crippen LogP contribution is -2.43. The van der Waals surface area contributed by atoms with Crippen LogP contribution in [0.15, 0.2) is 22.7 Å². The third kappa shape index (κ3) is 4.71. The predicted molar refractivity (Wildman–Crippen MR) is 79.3 cm³/mol. The van der Waals surface area contributed by atoms with Gasteiger partial charge in [0.05, 0.1) is 10.6 Å². The minimum Gasteiger partial charge on any atom is -0.480 e. The molecule has 0 aliphatic carbocycles. The fraction of sp³-hybridized carbons (Fsp3) is 0.333. The molecule has 0 spiro atoms. The van der Waals surface area contributed by atoms with Crippen LogP contribution in [0.25, 0.3) is 0 Å². The summed E-state index contributed by atoms with van der Waals surface area (Å²) >= 11 is 3.17. The van der Waals surface area contributed by atoms with Crippen LogP contribution in [-0.2, 0) is 4.79 Å². The van der Waals surface area contributed by atoms with Crippen LogP contribution in [-0.4, -0.2) is 39.5 Å². The highest BCUT2D eigenvalue weighted by atomic mass is 79.9. The van der Waals surface area contributed by atoms with Gasteiger partial charge < -0.3 is 15.3 Å². The van der Waals surface area contributed by atoms with Crippen molar-refractivity contribution >= 4 is 39.3 Å². The molecule has 0 radical (unpaired) electrons. The summed E-state index contributed by atoms with van der Waals surface area (Å²) in [4.78, 5) is 34.1. The Bertz CT molecular complexity index is 576. The van der Waals surface area contributed by atoms with Crippen molar-refractivity contribution in [3.05, 3.63) is 32.8 Å². The summed E-state index contributed by atoms with van der Waals surface area (Å²) in [5.41, 5.74) is 0.0214. The summed E-state index contributed by atoms with van der Waals surface area (Å²) < 4.78 is 0.459. The number of aliphatic carboxylic acids is 1. The minimum absolute atomic E-state index is 0.178. The van der Waals surface area contributed by atoms with Crippen molar-refractivity contribution in [1.82, 2.24) is 4.90 Å². The van der Waals surface area contributed by atoms with Crippen molar-refractivity contribution in [2.75, 3.05) is 11.9 Å². The summed E-state index contributed by atoms with van der Waals surface area (Å²) in [5.74, 6) is -1.14. The highest BCUT2D eigenvalue weighted by Gasteiger charge is 2.21. The van der Waals surface area contributed by atoms with Gasteiger partial charge >= 0.3 is 12.0 Å². The zero-order valence-corrected chi connectivity index (χ0v) is 13.0. The van der Waals surface area contributed by atoms with Crippen LogP contribution in [0.1, 0.15) is 13.8 Å². The van der Waals surface area contributed by atoms with E-state index in [0.29, 0.717) is 4.47 Å². The van der Waals surface area contributed by atoms with Crippen molar-refractivity contribution in [2.45, 2.75) is 19.9 Å². The number of nitro benzene ring substituents is 1. The van der Waals surface area contributed by atoms with Crippen molar-refractivity contribution in [1.29, 1.82) is 0 Å². The van der Waals surface area contributed by atoms with Gasteiger partial charge in [-0.3, -0.25) is 14.9 Å². The van der Waals surface area contributed by atoms with Crippen LogP contribution >= 0.6 is 15.9 Å². The quantitative estimate of drug-likeness (QED) is 0.619. The van der Waals surface area contributed by atoms with E-state index in [1.807, 2.05) is 0 Å². The molecule has 114 valence electrons. The maximum Gasteiger partial charge on any atom is 0.323 e. The van der Waals surface area contributed by atoms with Crippen LogP contribution in [0.5, 0.6) is 0 Å². The molecule has 0 aromatic heterocycles. The molecule has 9 heteroatoms. The van der Waals surface area contributed by atoms with Gasteiger partial charge in [0, 0.05) is 22.6 Å². The molecular formula is C12H14BrN3O5. The molecule has 0 aliphatic rings. The first-order valence-electron chi connectivity index (χ1n) is 5.95. The maximum atomic E-state index is 12.1. The second-order valence-corrected chi connectivity index (χ2v) is 5.32. The van der Waals surface area contributed by atoms with E-state index < -0.39 is 23.5 Å². The summed E-state index contributed by atoms with van der Waals surface area (Å²) in [6, 6.07) is 2.94. The first-order valence-corrected chi connectivity index (χ1v) is 6.75. The molecule has 21 heavy (non-hydrogen) atoms. The number of nitrogens with zero attached hydrogens (tertiary/aromatic N) is 2. The van der Waals surface area contributed by atoms with Gasteiger partial charge in [-0.1, -0.05) is 0 Å². The first-order chi connectivity index (χ1) is 9.72. The van der Waals surface area contributed by atoms with Crippen LogP contribution in [0.4, 0.5) is 16.2 Å². The van der Waals surface area contributed by atoms with E-state index in [-0.39, 0.29) is 17.4 Å². The molecule has 0 heterocycles. The lowest BCUT2D eigenvalue weighted by Gasteiger charge is -2.25. The standard InChI is InChI=1S/C12H14BrN3O5/c1-7(2)15(6-11(17)18)12(19)14-10-5-8(16(20)21)3-4-9(10)13/h3-5,7H,6H2,1-2H3,(H,14,19)(H,17,18). The summed E-state index contributed by atoms with van der Waals surface area (Å²) in [7, 11) is 0. The minimum atomic E-state index is -1.14. The van der Waals surface area contributed by atoms with Crippen LogP contribution < -0.4 is 5.32 Å². The Kier molecular flexibility index (Phi) is 5.65. The highest BCUT2D eigenvalue weighted by Crippen LogP contribution is 2.27. The lowest BCUT2D eigenvalue weighted by atomic mass is 10.3. The zero-order valence-electron chi connectivity index (χ0n) is 11.4. The number of urea groups is 1. The van der Waals surface area contributed by atoms with E-state index in [9.17, 15) is 19.7 Å². The van der Waals surface area contributed by atoms with Gasteiger partial charge in [-0.05, 0) is 35.8 Å². The molecule has 0 unspecified atom stereocenters. The van der Waals surface area contributed by atoms with E-state index in [1.54, 1.807) is 13.8 Å². The van der Waals surface area contributed by atoms with Gasteiger partial charge in [0.1, 0.15) is 6.54 Å². The number of halogens is 1. The Morgan fingerprint density at radius 3 is 2.57 bits per heavy atom. The molecule has 0 aliphatic heterocycles. The van der Waals surface area contributed by atoms with Gasteiger partial charge in [0.2, 0.25) is 0 Å². The van der Waals surface area contributed by atoms with E-state index in [2.05, 4.69) is 21.2 Å². The maximum absolute atomic E-state index is 12.1. The normalized spacial score (nSPS) is 10.3. The number of anilines is 1. The number of hydrogen-bond acceptors (Lipinski definition) is 4. The Hall–Kier alpha value is -2.16. The average molecular weight is 360 g/mol. The number of benzene rings is 1. The average Bonchev–Trinajstić information content (AvgIpc) is 2.37. The van der Waals surface area contributed by atoms with Crippen LogP contribution in [0, 0.1) is 10.1 Å². The fourth-order valence-corrected chi connectivity index (χ4v) is 1.89. The molecule has 0 saturated heterocycles. The number of nitro groups is 1. The van der Waals surface area contributed by atoms with Crippen molar-refractivity contribution in [3.8, 4) is 0 Å². The number of carbonyl (C=O) groups is 2. The number of hydrogen-bond donors (Lipinski definition) is 2. The molecule has 1 aromatic carbocycles. The van der Waals surface area contributed by atoms with E-state index in [0.717, 1.165) is 4.90 Å². The third-order valence-electron chi connectivity index (χ3n) is 2.59. The number of carboxylic acids is 1. The fourth-order valence-electron chi connectivity index (χ4n) is 1.54. The summed E-state index contributed by atoms with van der Waals surface area (Å²) in [6.45, 7) is 2.88. The van der Waals surface area contributed by atoms with Crippen LogP contribution in [0.3, 0.4) is 0 Å². The lowest BCUT2D eigenvalue weighted by molar-refractivity contribution is -0.384. The SMILES string of the molecule is CC(C)N(CC(=O)O)C(=O)Nc1cc([N+](=O)[O-])ccc1Br. The zero-order chi connectivity index (χ0) is 16.2. The van der Waals surface area contributed by atoms with Gasteiger partial charge in [-0.2, -0.15) is 0 Å². The van der Waals surface area contributed by atoms with E-state index in [4.69, 9.17) is 5.11 Å². The topological polar surface area (TPSA) is 113 Å². The van der Waals surface area contributed by atoms with Crippen molar-refractivity contribution < 1.29 is 19.6 Å². The Labute approximate surface area is 129 Å². The third-order valence-corrected chi connectivity index (χ3v) is 3.28. The number of amides is 2. The molecule has 2 amide bonds. The smallest absolute Gasteiger partial charge is 0.323 e. The Balaban J connectivity index is 2.97. The number of carboxylic acid groups (broad SMARTS) is 1. The number of nitrogens with one attached hydrogen (secondary N) is 1. The van der Waals surface area contributed by atoms with E-state index >= 15 is 0 Å². The molecule has 0 bridgehead atoms. The summed E-state index contributed by atoms with van der Waals surface area (Å²) in [5, 5.41) is 22.0. The number of rotatable bonds is 5. The Morgan fingerprint density at radius 1 is 1.48 bits per heavy atom. The molecule has 1 rings (SSSR count). The van der Waals surface area contributed by atoms with Crippen molar-refractivity contribution in [3.63, 3.8) is 0 Å². The Morgan fingerprint density at radius 2 is 2.10 bits per heavy atom. The summed E-state index contributed by atoms with van der Waals surface area (Å²) in [6.07, 6.45) is 0. The monoisotopic (exact) mass is 359 g/mol. The number of carbonyl (C=O) groups excluding carboxylic acids is 1. The molecule has 1 aromatic rings. The van der Waals surface area contributed by atoms with Crippen molar-refractivity contribution in [2.24, 2.45) is 0 Å². The second-order valence-electron chi connectivity index (χ2n) is 4.47. The largest absolute Gasteiger partial charge is 0.480 e. The van der Waals surface area contributed by atoms with E-state index in [1.165, 1.54) is 18.2 Å². The van der Waals surface area contributed by atoms with Gasteiger partial charge in [0.25, 0.3) is 5.69 Å². The highest BCUT2D eigenvalue weighted by molar-refractivity contribution is 9.10. The molecule has 2 N–H and O–H groups in total.